The topological polar surface area (TPSA) is 69.7 Å². The summed E-state index contributed by atoms with van der Waals surface area (Å²) in [5, 5.41) is 2.70. The predicted octanol–water partition coefficient (Wildman–Crippen LogP) is 2.04. The molecule has 1 aromatic carbocycles. The number of nitrogens with one attached hydrogen (secondary N) is 1. The molecular weight excluding hydrogens is 350 g/mol. The third-order valence-electron chi connectivity index (χ3n) is 5.48. The highest BCUT2D eigenvalue weighted by Gasteiger charge is 2.32. The zero-order chi connectivity index (χ0) is 18.9. The Bertz CT molecular complexity index is 778. The van der Waals surface area contributed by atoms with Gasteiger partial charge in [0.1, 0.15) is 5.75 Å². The van der Waals surface area contributed by atoms with Gasteiger partial charge >= 0.3 is 0 Å². The molecule has 2 saturated heterocycles. The number of carbonyl (C=O) groups excluding carboxylic acids is 1. The monoisotopic (exact) mass is 379 g/mol. The van der Waals surface area contributed by atoms with Gasteiger partial charge in [-0.3, -0.25) is 9.69 Å². The zero-order valence-corrected chi connectivity index (χ0v) is 16.7. The van der Waals surface area contributed by atoms with Gasteiger partial charge in [0.2, 0.25) is 5.91 Å². The quantitative estimate of drug-likeness (QED) is 0.848. The average Bonchev–Trinajstić information content (AvgIpc) is 3.16. The van der Waals surface area contributed by atoms with Gasteiger partial charge in [-0.2, -0.15) is 0 Å². The van der Waals surface area contributed by atoms with Crippen molar-refractivity contribution >= 4 is 27.1 Å². The lowest BCUT2D eigenvalue weighted by molar-refractivity contribution is -0.113. The minimum absolute atomic E-state index is 0.490. The maximum atomic E-state index is 11.8. The van der Waals surface area contributed by atoms with E-state index in [1.807, 2.05) is 19.1 Å². The van der Waals surface area contributed by atoms with E-state index in [1.165, 1.54) is 25.8 Å². The van der Waals surface area contributed by atoms with Crippen molar-refractivity contribution in [2.24, 2.45) is 0 Å². The average molecular weight is 380 g/mol. The first-order chi connectivity index (χ1) is 12.2. The summed E-state index contributed by atoms with van der Waals surface area (Å²) in [4.78, 5) is 16.9. The van der Waals surface area contributed by atoms with Gasteiger partial charge in [0.05, 0.1) is 0 Å². The molecular formula is C19H29N3O3S. The molecule has 0 radical (unpaired) electrons. The number of hydrogen-bond acceptors (Lipinski definition) is 5. The van der Waals surface area contributed by atoms with Gasteiger partial charge in [-0.25, -0.2) is 8.42 Å². The molecule has 6 nitrogen and oxygen atoms in total. The van der Waals surface area contributed by atoms with Crippen LogP contribution in [0.3, 0.4) is 0 Å². The number of rotatable bonds is 5. The Hall–Kier alpha value is -1.60. The molecule has 0 bridgehead atoms. The molecule has 144 valence electrons. The maximum Gasteiger partial charge on any atom is 0.239 e. The lowest BCUT2D eigenvalue weighted by Gasteiger charge is -2.28. The van der Waals surface area contributed by atoms with Crippen molar-refractivity contribution in [2.45, 2.75) is 45.2 Å². The van der Waals surface area contributed by atoms with Crippen molar-refractivity contribution in [1.82, 2.24) is 4.90 Å². The number of nitrogens with zero attached hydrogens (tertiary/aromatic N) is 2. The van der Waals surface area contributed by atoms with Crippen LogP contribution < -0.4 is 10.2 Å². The van der Waals surface area contributed by atoms with Crippen LogP contribution >= 0.6 is 0 Å². The molecule has 0 saturated carbocycles. The number of likely N-dealkylation sites (tertiary alicyclic amines) is 1. The molecule has 7 heteroatoms. The molecule has 3 rings (SSSR count). The predicted molar refractivity (Wildman–Crippen MR) is 106 cm³/mol. The first-order valence-electron chi connectivity index (χ1n) is 9.32. The fraction of sp³-hybridized carbons (Fsp3) is 0.632. The van der Waals surface area contributed by atoms with Crippen LogP contribution in [0.2, 0.25) is 0 Å². The molecule has 26 heavy (non-hydrogen) atoms. The van der Waals surface area contributed by atoms with Gasteiger partial charge in [-0.1, -0.05) is 0 Å². The smallest absolute Gasteiger partial charge is 0.239 e. The normalized spacial score (nSPS) is 24.2. The van der Waals surface area contributed by atoms with Crippen LogP contribution in [-0.2, 0) is 14.6 Å². The molecule has 2 heterocycles. The van der Waals surface area contributed by atoms with E-state index in [-0.39, 0.29) is 0 Å². The number of benzene rings is 1. The minimum Gasteiger partial charge on any atom is -0.370 e. The summed E-state index contributed by atoms with van der Waals surface area (Å²) in [5.74, 6) is -0.983. The first kappa shape index (κ1) is 19.2. The van der Waals surface area contributed by atoms with Crippen LogP contribution in [0, 0.1) is 6.92 Å². The van der Waals surface area contributed by atoms with Gasteiger partial charge in [-0.05, 0) is 63.4 Å². The second kappa shape index (κ2) is 7.56. The van der Waals surface area contributed by atoms with Crippen LogP contribution in [0.25, 0.3) is 0 Å². The van der Waals surface area contributed by atoms with Crippen molar-refractivity contribution in [1.29, 1.82) is 0 Å². The molecule has 2 unspecified atom stereocenters. The number of carbonyl (C=O) groups is 1. The third-order valence-corrected chi connectivity index (χ3v) is 6.27. The number of sulfone groups is 1. The highest BCUT2D eigenvalue weighted by Crippen LogP contribution is 2.30. The lowest BCUT2D eigenvalue weighted by atomic mass is 10.1. The van der Waals surface area contributed by atoms with Crippen LogP contribution in [-0.4, -0.2) is 63.0 Å². The summed E-state index contributed by atoms with van der Waals surface area (Å²) in [5.41, 5.74) is 2.78. The molecule has 0 spiro atoms. The summed E-state index contributed by atoms with van der Waals surface area (Å²) in [7, 11) is -3.32. The van der Waals surface area contributed by atoms with E-state index >= 15 is 0 Å². The van der Waals surface area contributed by atoms with Gasteiger partial charge < -0.3 is 10.2 Å². The number of anilines is 2. The van der Waals surface area contributed by atoms with Crippen molar-refractivity contribution in [2.75, 3.05) is 41.9 Å². The largest absolute Gasteiger partial charge is 0.370 e. The van der Waals surface area contributed by atoms with E-state index < -0.39 is 21.5 Å². The van der Waals surface area contributed by atoms with Crippen molar-refractivity contribution in [3.8, 4) is 0 Å². The highest BCUT2D eigenvalue weighted by atomic mass is 32.2. The highest BCUT2D eigenvalue weighted by molar-refractivity contribution is 7.91. The molecule has 1 amide bonds. The fourth-order valence-electron chi connectivity index (χ4n) is 4.15. The second-order valence-electron chi connectivity index (χ2n) is 7.74. The zero-order valence-electron chi connectivity index (χ0n) is 15.9. The lowest BCUT2D eigenvalue weighted by Crippen LogP contribution is -2.39. The Morgan fingerprint density at radius 3 is 2.65 bits per heavy atom. The van der Waals surface area contributed by atoms with Crippen molar-refractivity contribution < 1.29 is 13.2 Å². The Morgan fingerprint density at radius 2 is 2.04 bits per heavy atom. The van der Waals surface area contributed by atoms with Crippen molar-refractivity contribution in [3.63, 3.8) is 0 Å². The molecule has 1 aromatic rings. The SMILES string of the molecule is Cc1cc(N2CCC(N3CCCC3C)C2)ccc1NC(=O)CS(C)(=O)=O. The second-order valence-corrected chi connectivity index (χ2v) is 9.88. The summed E-state index contributed by atoms with van der Waals surface area (Å²) in [6.45, 7) is 7.57. The van der Waals surface area contributed by atoms with E-state index in [9.17, 15) is 13.2 Å². The Morgan fingerprint density at radius 1 is 1.27 bits per heavy atom. The van der Waals surface area contributed by atoms with Crippen LogP contribution in [0.1, 0.15) is 31.7 Å². The van der Waals surface area contributed by atoms with Crippen molar-refractivity contribution in [3.05, 3.63) is 23.8 Å². The third kappa shape index (κ3) is 4.57. The fourth-order valence-corrected chi connectivity index (χ4v) is 4.70. The van der Waals surface area contributed by atoms with E-state index in [0.29, 0.717) is 17.8 Å². The number of amides is 1. The number of aryl methyl sites for hydroxylation is 1. The molecule has 2 aliphatic heterocycles. The summed E-state index contributed by atoms with van der Waals surface area (Å²) in [6.07, 6.45) is 4.86. The molecule has 0 aromatic heterocycles. The first-order valence-corrected chi connectivity index (χ1v) is 11.4. The summed E-state index contributed by atoms with van der Waals surface area (Å²) >= 11 is 0. The van der Waals surface area contributed by atoms with Crippen LogP contribution in [0.4, 0.5) is 11.4 Å². The molecule has 2 atom stereocenters. The summed E-state index contributed by atoms with van der Waals surface area (Å²) < 4.78 is 22.5. The minimum atomic E-state index is -3.32. The Labute approximate surface area is 156 Å². The van der Waals surface area contributed by atoms with Crippen LogP contribution in [0.5, 0.6) is 0 Å². The molecule has 1 N–H and O–H groups in total. The molecule has 0 aliphatic carbocycles. The van der Waals surface area contributed by atoms with Gasteiger partial charge in [-0.15, -0.1) is 0 Å². The Balaban J connectivity index is 1.63. The van der Waals surface area contributed by atoms with Gasteiger partial charge in [0, 0.05) is 42.8 Å². The summed E-state index contributed by atoms with van der Waals surface area (Å²) in [6, 6.07) is 7.28. The molecule has 2 aliphatic rings. The standard InChI is InChI=1S/C19H29N3O3S/c1-14-11-16(6-7-18(14)20-19(23)13-26(3,24)25)21-10-8-17(12-21)22-9-4-5-15(22)2/h6-7,11,15,17H,4-5,8-10,12-13H2,1-3H3,(H,20,23). The number of hydrogen-bond donors (Lipinski definition) is 1. The van der Waals surface area contributed by atoms with E-state index in [4.69, 9.17) is 0 Å². The van der Waals surface area contributed by atoms with Crippen LogP contribution in [0.15, 0.2) is 18.2 Å². The maximum absolute atomic E-state index is 11.8. The van der Waals surface area contributed by atoms with E-state index in [2.05, 4.69) is 28.1 Å². The molecule has 2 fully saturated rings. The van der Waals surface area contributed by atoms with E-state index in [0.717, 1.165) is 30.6 Å². The van der Waals surface area contributed by atoms with Gasteiger partial charge in [0.25, 0.3) is 0 Å². The van der Waals surface area contributed by atoms with Gasteiger partial charge in [0.15, 0.2) is 9.84 Å². The van der Waals surface area contributed by atoms with E-state index in [1.54, 1.807) is 0 Å². The Kier molecular flexibility index (Phi) is 5.58.